The van der Waals surface area contributed by atoms with Crippen molar-refractivity contribution < 1.29 is 19.1 Å². The molecule has 3 aromatic carbocycles. The van der Waals surface area contributed by atoms with E-state index >= 15 is 0 Å². The molecule has 0 unspecified atom stereocenters. The summed E-state index contributed by atoms with van der Waals surface area (Å²) in [4.78, 5) is 42.5. The Morgan fingerprint density at radius 2 is 1.76 bits per heavy atom. The highest BCUT2D eigenvalue weighted by Crippen LogP contribution is 2.46. The Morgan fingerprint density at radius 3 is 2.40 bits per heavy atom. The molecular formula is C30H23ClN4O4S3. The number of hydrogen-bond acceptors (Lipinski definition) is 9. The highest BCUT2D eigenvalue weighted by Gasteiger charge is 2.55. The van der Waals surface area contributed by atoms with E-state index in [0.29, 0.717) is 20.0 Å². The molecule has 0 aliphatic carbocycles. The Hall–Kier alpha value is -3.64. The van der Waals surface area contributed by atoms with E-state index in [0.717, 1.165) is 16.7 Å². The number of carbonyl (C=O) groups is 3. The first-order valence-corrected chi connectivity index (χ1v) is 16.1. The third-order valence-electron chi connectivity index (χ3n) is 6.68. The number of aromatic nitrogens is 2. The van der Waals surface area contributed by atoms with E-state index in [9.17, 15) is 14.4 Å². The Kier molecular flexibility index (Phi) is 8.61. The van der Waals surface area contributed by atoms with Crippen molar-refractivity contribution >= 4 is 64.2 Å². The van der Waals surface area contributed by atoms with Crippen LogP contribution in [0.2, 0.25) is 5.02 Å². The summed E-state index contributed by atoms with van der Waals surface area (Å²) < 4.78 is 6.82. The summed E-state index contributed by atoms with van der Waals surface area (Å²) in [5.41, 5.74) is 4.13. The molecule has 42 heavy (non-hydrogen) atoms. The number of ether oxygens (including phenoxy) is 1. The highest BCUT2D eigenvalue weighted by atomic mass is 35.5. The van der Waals surface area contributed by atoms with E-state index in [1.807, 2.05) is 60.7 Å². The summed E-state index contributed by atoms with van der Waals surface area (Å²) in [7, 11) is 0. The molecule has 4 aromatic rings. The van der Waals surface area contributed by atoms with E-state index in [-0.39, 0.29) is 23.9 Å². The van der Waals surface area contributed by atoms with Gasteiger partial charge in [0.05, 0.1) is 6.42 Å². The van der Waals surface area contributed by atoms with Crippen LogP contribution in [0.1, 0.15) is 22.8 Å². The number of fused-ring (bicyclic) bond motifs is 1. The van der Waals surface area contributed by atoms with E-state index in [4.69, 9.17) is 16.3 Å². The standard InChI is InChI=1S/C30H23ClN4O4S3/c31-21-13-7-8-18(14-21)15-23(36)33-24-27(37)35-25(22(16-40-28(24)35)42-30-34-32-17-41-30)29(38)39-26(19-9-3-1-4-10-19)20-11-5-2-6-12-20/h1-14,17,24,26,28H,15-16H2,(H,33,36)/t24-,28+/m1/s1. The second kappa shape index (κ2) is 12.7. The van der Waals surface area contributed by atoms with Crippen molar-refractivity contribution in [2.75, 3.05) is 5.75 Å². The van der Waals surface area contributed by atoms with Gasteiger partial charge in [0.2, 0.25) is 5.91 Å². The Labute approximate surface area is 259 Å². The van der Waals surface area contributed by atoms with Crippen LogP contribution in [0.5, 0.6) is 0 Å². The van der Waals surface area contributed by atoms with Crippen molar-refractivity contribution in [3.8, 4) is 0 Å². The van der Waals surface area contributed by atoms with Crippen LogP contribution in [0.4, 0.5) is 0 Å². The Morgan fingerprint density at radius 1 is 1.05 bits per heavy atom. The fourth-order valence-electron chi connectivity index (χ4n) is 4.78. The van der Waals surface area contributed by atoms with Crippen molar-refractivity contribution in [1.82, 2.24) is 20.4 Å². The number of nitrogens with zero attached hydrogens (tertiary/aromatic N) is 3. The van der Waals surface area contributed by atoms with Gasteiger partial charge in [0.25, 0.3) is 5.91 Å². The van der Waals surface area contributed by atoms with Crippen LogP contribution < -0.4 is 5.32 Å². The number of halogens is 1. The molecule has 1 fully saturated rings. The molecule has 1 aromatic heterocycles. The van der Waals surface area contributed by atoms with Gasteiger partial charge in [0, 0.05) is 15.7 Å². The molecule has 2 atom stereocenters. The van der Waals surface area contributed by atoms with Crippen LogP contribution >= 0.6 is 46.5 Å². The van der Waals surface area contributed by atoms with E-state index in [1.165, 1.54) is 39.8 Å². The predicted molar refractivity (Wildman–Crippen MR) is 164 cm³/mol. The summed E-state index contributed by atoms with van der Waals surface area (Å²) in [6, 6.07) is 25.2. The van der Waals surface area contributed by atoms with Gasteiger partial charge >= 0.3 is 5.97 Å². The van der Waals surface area contributed by atoms with Crippen molar-refractivity contribution in [3.05, 3.63) is 123 Å². The van der Waals surface area contributed by atoms with Crippen molar-refractivity contribution in [2.45, 2.75) is 28.3 Å². The minimum atomic E-state index is -0.767. The first kappa shape index (κ1) is 28.5. The van der Waals surface area contributed by atoms with Crippen molar-refractivity contribution in [1.29, 1.82) is 0 Å². The van der Waals surface area contributed by atoms with Gasteiger partial charge < -0.3 is 10.1 Å². The second-order valence-electron chi connectivity index (χ2n) is 9.45. The summed E-state index contributed by atoms with van der Waals surface area (Å²) in [6.07, 6.45) is -0.599. The summed E-state index contributed by atoms with van der Waals surface area (Å²) in [5, 5.41) is 10.9. The van der Waals surface area contributed by atoms with Gasteiger partial charge in [-0.25, -0.2) is 4.79 Å². The third kappa shape index (κ3) is 6.10. The van der Waals surface area contributed by atoms with Gasteiger partial charge in [-0.1, -0.05) is 107 Å². The number of esters is 1. The zero-order valence-electron chi connectivity index (χ0n) is 21.9. The number of rotatable bonds is 9. The van der Waals surface area contributed by atoms with Crippen LogP contribution in [0.25, 0.3) is 0 Å². The maximum Gasteiger partial charge on any atom is 0.356 e. The van der Waals surface area contributed by atoms with Gasteiger partial charge in [0.15, 0.2) is 10.4 Å². The minimum absolute atomic E-state index is 0.0838. The molecular weight excluding hydrogens is 612 g/mol. The third-order valence-corrected chi connectivity index (χ3v) is 10.2. The quantitative estimate of drug-likeness (QED) is 0.191. The molecule has 1 N–H and O–H groups in total. The lowest BCUT2D eigenvalue weighted by Gasteiger charge is -2.49. The zero-order chi connectivity index (χ0) is 29.1. The molecule has 2 amide bonds. The zero-order valence-corrected chi connectivity index (χ0v) is 25.1. The van der Waals surface area contributed by atoms with Crippen molar-refractivity contribution in [2.24, 2.45) is 0 Å². The number of amides is 2. The molecule has 3 heterocycles. The average Bonchev–Trinajstić information content (AvgIpc) is 3.52. The SMILES string of the molecule is O=C(Cc1cccc(Cl)c1)N[C@@H]1C(=O)N2C(C(=O)OC(c3ccccc3)c3ccccc3)=C(Sc3nncs3)CS[C@@H]12. The summed E-state index contributed by atoms with van der Waals surface area (Å²) in [5.74, 6) is -0.858. The smallest absolute Gasteiger partial charge is 0.356 e. The predicted octanol–water partition coefficient (Wildman–Crippen LogP) is 5.47. The van der Waals surface area contributed by atoms with E-state index in [1.54, 1.807) is 29.8 Å². The lowest BCUT2D eigenvalue weighted by Crippen LogP contribution is -2.70. The molecule has 2 aliphatic rings. The summed E-state index contributed by atoms with van der Waals surface area (Å²) >= 11 is 10.2. The Balaban J connectivity index is 1.26. The number of nitrogens with one attached hydrogen (secondary N) is 1. The minimum Gasteiger partial charge on any atom is -0.448 e. The second-order valence-corrected chi connectivity index (χ2v) is 13.2. The highest BCUT2D eigenvalue weighted by molar-refractivity contribution is 8.07. The number of thioether (sulfide) groups is 2. The molecule has 0 bridgehead atoms. The largest absolute Gasteiger partial charge is 0.448 e. The molecule has 212 valence electrons. The normalized spacial score (nSPS) is 18.0. The molecule has 0 radical (unpaired) electrons. The Bertz CT molecular complexity index is 1600. The fraction of sp³-hybridized carbons (Fsp3) is 0.167. The first-order chi connectivity index (χ1) is 20.5. The number of β-lactam (4-membered cyclic amide) rings is 1. The molecule has 0 spiro atoms. The number of hydrogen-bond donors (Lipinski definition) is 1. The van der Waals surface area contributed by atoms with Crippen LogP contribution in [-0.2, 0) is 25.5 Å². The lowest BCUT2D eigenvalue weighted by molar-refractivity contribution is -0.154. The monoisotopic (exact) mass is 634 g/mol. The molecule has 6 rings (SSSR count). The molecule has 12 heteroatoms. The van der Waals surface area contributed by atoms with Crippen LogP contribution in [0, 0.1) is 0 Å². The van der Waals surface area contributed by atoms with Gasteiger partial charge in [0.1, 0.15) is 22.6 Å². The fourth-order valence-corrected chi connectivity index (χ4v) is 8.10. The number of carbonyl (C=O) groups excluding carboxylic acids is 3. The van der Waals surface area contributed by atoms with Gasteiger partial charge in [-0.3, -0.25) is 14.5 Å². The first-order valence-electron chi connectivity index (χ1n) is 12.9. The topological polar surface area (TPSA) is 101 Å². The van der Waals surface area contributed by atoms with Gasteiger partial charge in [-0.05, 0) is 28.8 Å². The average molecular weight is 635 g/mol. The van der Waals surface area contributed by atoms with Crippen molar-refractivity contribution in [3.63, 3.8) is 0 Å². The lowest BCUT2D eigenvalue weighted by atomic mass is 10.0. The maximum absolute atomic E-state index is 14.0. The van der Waals surface area contributed by atoms with E-state index in [2.05, 4.69) is 15.5 Å². The molecule has 8 nitrogen and oxygen atoms in total. The van der Waals surface area contributed by atoms with Crippen LogP contribution in [-0.4, -0.2) is 50.0 Å². The van der Waals surface area contributed by atoms with Crippen LogP contribution in [0.3, 0.4) is 0 Å². The molecule has 0 saturated carbocycles. The number of benzene rings is 3. The van der Waals surface area contributed by atoms with E-state index < -0.39 is 23.5 Å². The van der Waals surface area contributed by atoms with Gasteiger partial charge in [-0.15, -0.1) is 22.0 Å². The molecule has 1 saturated heterocycles. The maximum atomic E-state index is 14.0. The molecule has 2 aliphatic heterocycles. The van der Waals surface area contributed by atoms with Crippen LogP contribution in [0.15, 0.2) is 105 Å². The van der Waals surface area contributed by atoms with Gasteiger partial charge in [-0.2, -0.15) is 0 Å². The summed E-state index contributed by atoms with van der Waals surface area (Å²) in [6.45, 7) is 0.